The minimum atomic E-state index is -0.0673. The van der Waals surface area contributed by atoms with Gasteiger partial charge in [-0.3, -0.25) is 4.79 Å². The number of rotatable bonds is 2. The Morgan fingerprint density at radius 2 is 1.78 bits per heavy atom. The minimum absolute atomic E-state index is 0.0673. The highest BCUT2D eigenvalue weighted by Gasteiger charge is 2.24. The molecule has 1 amide bonds. The maximum atomic E-state index is 12.3. The van der Waals surface area contributed by atoms with Crippen LogP contribution in [-0.2, 0) is 11.3 Å². The monoisotopic (exact) mass is 300 g/mol. The maximum absolute atomic E-state index is 12.3. The lowest BCUT2D eigenvalue weighted by atomic mass is 10.0. The molecule has 3 N–H and O–H groups in total. The molecule has 0 saturated carbocycles. The van der Waals surface area contributed by atoms with E-state index in [4.69, 9.17) is 5.73 Å². The lowest BCUT2D eigenvalue weighted by Crippen LogP contribution is -2.03. The summed E-state index contributed by atoms with van der Waals surface area (Å²) >= 11 is 0. The van der Waals surface area contributed by atoms with Crippen molar-refractivity contribution in [3.63, 3.8) is 0 Å². The zero-order chi connectivity index (χ0) is 15.8. The lowest BCUT2D eigenvalue weighted by molar-refractivity contribution is -0.110. The molecule has 1 aliphatic heterocycles. The number of fused-ring (bicyclic) bond motifs is 2. The zero-order valence-electron chi connectivity index (χ0n) is 12.5. The number of carbonyl (C=O) groups is 1. The molecule has 3 nitrogen and oxygen atoms in total. The van der Waals surface area contributed by atoms with Crippen molar-refractivity contribution in [3.05, 3.63) is 77.4 Å². The van der Waals surface area contributed by atoms with Crippen LogP contribution in [0.2, 0.25) is 0 Å². The Balaban J connectivity index is 1.83. The SMILES string of the molecule is NCc1ccc2c(c1)C(=Cc1ccc3ccccc3c1)C(=O)N2. The number of hydrogen-bond acceptors (Lipinski definition) is 2. The molecule has 0 atom stereocenters. The molecule has 0 saturated heterocycles. The number of anilines is 1. The van der Waals surface area contributed by atoms with Crippen molar-refractivity contribution in [3.8, 4) is 0 Å². The lowest BCUT2D eigenvalue weighted by Gasteiger charge is -2.03. The molecule has 112 valence electrons. The molecule has 3 aromatic carbocycles. The second-order valence-corrected chi connectivity index (χ2v) is 5.70. The number of nitrogens with two attached hydrogens (primary N) is 1. The molecule has 23 heavy (non-hydrogen) atoms. The Bertz CT molecular complexity index is 957. The molecule has 1 aliphatic rings. The van der Waals surface area contributed by atoms with Gasteiger partial charge in [0.1, 0.15) is 0 Å². The van der Waals surface area contributed by atoms with Crippen LogP contribution in [0.15, 0.2) is 60.7 Å². The van der Waals surface area contributed by atoms with Crippen LogP contribution in [0, 0.1) is 0 Å². The quantitative estimate of drug-likeness (QED) is 0.707. The average molecular weight is 300 g/mol. The Hall–Kier alpha value is -2.91. The second kappa shape index (κ2) is 5.38. The van der Waals surface area contributed by atoms with Crippen molar-refractivity contribution in [2.24, 2.45) is 5.73 Å². The van der Waals surface area contributed by atoms with Crippen LogP contribution in [0.3, 0.4) is 0 Å². The Kier molecular flexibility index (Phi) is 3.21. The Labute approximate surface area is 134 Å². The molecule has 0 unspecified atom stereocenters. The van der Waals surface area contributed by atoms with E-state index >= 15 is 0 Å². The first-order valence-electron chi connectivity index (χ1n) is 7.60. The van der Waals surface area contributed by atoms with Crippen LogP contribution < -0.4 is 11.1 Å². The van der Waals surface area contributed by atoms with E-state index in [1.54, 1.807) is 0 Å². The van der Waals surface area contributed by atoms with Crippen molar-refractivity contribution in [1.82, 2.24) is 0 Å². The van der Waals surface area contributed by atoms with Crippen LogP contribution in [0.5, 0.6) is 0 Å². The van der Waals surface area contributed by atoms with Gasteiger partial charge in [-0.15, -0.1) is 0 Å². The molecule has 4 rings (SSSR count). The van der Waals surface area contributed by atoms with Gasteiger partial charge >= 0.3 is 0 Å². The fraction of sp³-hybridized carbons (Fsp3) is 0.0500. The van der Waals surface area contributed by atoms with Crippen molar-refractivity contribution < 1.29 is 4.79 Å². The minimum Gasteiger partial charge on any atom is -0.326 e. The summed E-state index contributed by atoms with van der Waals surface area (Å²) in [4.78, 5) is 12.3. The van der Waals surface area contributed by atoms with Gasteiger partial charge in [0, 0.05) is 23.4 Å². The molecule has 0 fully saturated rings. The molecule has 3 heteroatoms. The van der Waals surface area contributed by atoms with E-state index in [2.05, 4.69) is 29.6 Å². The number of hydrogen-bond donors (Lipinski definition) is 2. The maximum Gasteiger partial charge on any atom is 0.256 e. The molecular weight excluding hydrogens is 284 g/mol. The molecular formula is C20H16N2O. The summed E-state index contributed by atoms with van der Waals surface area (Å²) < 4.78 is 0. The molecule has 3 aromatic rings. The van der Waals surface area contributed by atoms with Crippen LogP contribution >= 0.6 is 0 Å². The van der Waals surface area contributed by atoms with Gasteiger partial charge in [-0.1, -0.05) is 42.5 Å². The Morgan fingerprint density at radius 3 is 2.61 bits per heavy atom. The van der Waals surface area contributed by atoms with Gasteiger partial charge < -0.3 is 11.1 Å². The van der Waals surface area contributed by atoms with E-state index in [0.29, 0.717) is 12.1 Å². The summed E-state index contributed by atoms with van der Waals surface area (Å²) in [6, 6.07) is 20.2. The standard InChI is InChI=1S/C20H16N2O/c21-12-14-6-8-19-17(11-14)18(20(23)22-19)10-13-5-7-15-3-1-2-4-16(15)9-13/h1-11H,12,21H2,(H,22,23). The highest BCUT2D eigenvalue weighted by Crippen LogP contribution is 2.34. The van der Waals surface area contributed by atoms with Crippen LogP contribution in [0.25, 0.3) is 22.4 Å². The van der Waals surface area contributed by atoms with Gasteiger partial charge in [0.15, 0.2) is 0 Å². The molecule has 0 aromatic heterocycles. The van der Waals surface area contributed by atoms with Crippen LogP contribution in [-0.4, -0.2) is 5.91 Å². The van der Waals surface area contributed by atoms with Gasteiger partial charge in [0.2, 0.25) is 0 Å². The normalized spacial score (nSPS) is 15.0. The number of benzene rings is 3. The molecule has 0 radical (unpaired) electrons. The molecule has 0 aliphatic carbocycles. The van der Waals surface area contributed by atoms with Gasteiger partial charge in [0.25, 0.3) is 5.91 Å². The first-order chi connectivity index (χ1) is 11.2. The third-order valence-electron chi connectivity index (χ3n) is 4.19. The van der Waals surface area contributed by atoms with Gasteiger partial charge in [0.05, 0.1) is 0 Å². The van der Waals surface area contributed by atoms with Gasteiger partial charge in [-0.25, -0.2) is 0 Å². The van der Waals surface area contributed by atoms with Crippen LogP contribution in [0.1, 0.15) is 16.7 Å². The third kappa shape index (κ3) is 2.41. The summed E-state index contributed by atoms with van der Waals surface area (Å²) in [7, 11) is 0. The largest absolute Gasteiger partial charge is 0.326 e. The number of amides is 1. The molecule has 0 spiro atoms. The Morgan fingerprint density at radius 1 is 0.957 bits per heavy atom. The number of nitrogens with one attached hydrogen (secondary N) is 1. The first kappa shape index (κ1) is 13.7. The van der Waals surface area contributed by atoms with E-state index in [-0.39, 0.29) is 5.91 Å². The average Bonchev–Trinajstić information content (AvgIpc) is 2.89. The van der Waals surface area contributed by atoms with E-state index in [1.807, 2.05) is 42.5 Å². The van der Waals surface area contributed by atoms with Crippen molar-refractivity contribution in [1.29, 1.82) is 0 Å². The van der Waals surface area contributed by atoms with E-state index in [0.717, 1.165) is 27.8 Å². The summed E-state index contributed by atoms with van der Waals surface area (Å²) in [5.41, 5.74) is 10.2. The first-order valence-corrected chi connectivity index (χ1v) is 7.60. The van der Waals surface area contributed by atoms with Crippen molar-refractivity contribution >= 4 is 34.0 Å². The summed E-state index contributed by atoms with van der Waals surface area (Å²) in [6.07, 6.45) is 1.94. The third-order valence-corrected chi connectivity index (χ3v) is 4.19. The van der Waals surface area contributed by atoms with E-state index in [9.17, 15) is 4.79 Å². The predicted molar refractivity (Wildman–Crippen MR) is 94.8 cm³/mol. The van der Waals surface area contributed by atoms with Gasteiger partial charge in [-0.2, -0.15) is 0 Å². The highest BCUT2D eigenvalue weighted by molar-refractivity contribution is 6.35. The van der Waals surface area contributed by atoms with Crippen LogP contribution in [0.4, 0.5) is 5.69 Å². The topological polar surface area (TPSA) is 55.1 Å². The second-order valence-electron chi connectivity index (χ2n) is 5.70. The predicted octanol–water partition coefficient (Wildman–Crippen LogP) is 3.79. The van der Waals surface area contributed by atoms with Gasteiger partial charge in [-0.05, 0) is 46.2 Å². The zero-order valence-corrected chi connectivity index (χ0v) is 12.5. The summed E-state index contributed by atoms with van der Waals surface area (Å²) in [5.74, 6) is -0.0673. The van der Waals surface area contributed by atoms with E-state index < -0.39 is 0 Å². The fourth-order valence-electron chi connectivity index (χ4n) is 2.97. The number of carbonyl (C=O) groups excluding carboxylic acids is 1. The van der Waals surface area contributed by atoms with Crippen molar-refractivity contribution in [2.75, 3.05) is 5.32 Å². The smallest absolute Gasteiger partial charge is 0.256 e. The summed E-state index contributed by atoms with van der Waals surface area (Å²) in [5, 5.41) is 5.26. The summed E-state index contributed by atoms with van der Waals surface area (Å²) in [6.45, 7) is 0.463. The molecule has 1 heterocycles. The molecule has 0 bridgehead atoms. The van der Waals surface area contributed by atoms with E-state index in [1.165, 1.54) is 5.39 Å². The highest BCUT2D eigenvalue weighted by atomic mass is 16.2. The van der Waals surface area contributed by atoms with Crippen molar-refractivity contribution in [2.45, 2.75) is 6.54 Å². The fourth-order valence-corrected chi connectivity index (χ4v) is 2.97.